The first-order valence-corrected chi connectivity index (χ1v) is 12.4. The molecule has 1 aromatic carbocycles. The maximum Gasteiger partial charge on any atom is 0.237 e. The summed E-state index contributed by atoms with van der Waals surface area (Å²) in [4.78, 5) is 18.7. The monoisotopic (exact) mass is 462 g/mol. The van der Waals surface area contributed by atoms with Crippen molar-refractivity contribution in [2.45, 2.75) is 52.2 Å². The summed E-state index contributed by atoms with van der Waals surface area (Å²) >= 11 is 1.72. The average Bonchev–Trinajstić information content (AvgIpc) is 3.27. The van der Waals surface area contributed by atoms with Gasteiger partial charge in [0.1, 0.15) is 18.2 Å². The second-order valence-electron chi connectivity index (χ2n) is 8.69. The zero-order chi connectivity index (χ0) is 23.1. The highest BCUT2D eigenvalue weighted by molar-refractivity contribution is 7.10. The minimum absolute atomic E-state index is 0.0566. The third-order valence-corrected chi connectivity index (χ3v) is 7.20. The highest BCUT2D eigenvalue weighted by Crippen LogP contribution is 2.34. The number of halogens is 1. The number of hydrogen-bond donors (Lipinski definition) is 1. The van der Waals surface area contributed by atoms with Crippen molar-refractivity contribution < 1.29 is 19.0 Å². The lowest BCUT2D eigenvalue weighted by Gasteiger charge is -2.37. The molecule has 3 rings (SSSR count). The van der Waals surface area contributed by atoms with Gasteiger partial charge in [-0.25, -0.2) is 4.39 Å². The van der Waals surface area contributed by atoms with Crippen molar-refractivity contribution in [2.24, 2.45) is 5.92 Å². The number of hydrogen-bond acceptors (Lipinski definition) is 5. The van der Waals surface area contributed by atoms with Gasteiger partial charge in [0.05, 0.1) is 18.7 Å². The van der Waals surface area contributed by atoms with Crippen LogP contribution in [0.25, 0.3) is 0 Å². The zero-order valence-corrected chi connectivity index (χ0v) is 20.1. The molecule has 3 unspecified atom stereocenters. The molecule has 1 N–H and O–H groups in total. The number of nitrogens with zero attached hydrogens (tertiary/aromatic N) is 2. The van der Waals surface area contributed by atoms with E-state index in [2.05, 4.69) is 30.2 Å². The number of thiophene rings is 1. The van der Waals surface area contributed by atoms with E-state index in [0.717, 1.165) is 24.9 Å². The van der Waals surface area contributed by atoms with Gasteiger partial charge in [-0.3, -0.25) is 9.69 Å². The molecular weight excluding hydrogens is 427 g/mol. The van der Waals surface area contributed by atoms with Gasteiger partial charge in [0, 0.05) is 24.5 Å². The van der Waals surface area contributed by atoms with Crippen LogP contribution in [-0.2, 0) is 11.2 Å². The molecule has 2 heterocycles. The Morgan fingerprint density at radius 1 is 1.25 bits per heavy atom. The Morgan fingerprint density at radius 3 is 2.69 bits per heavy atom. The number of carbonyl (C=O) groups is 1. The van der Waals surface area contributed by atoms with E-state index in [1.165, 1.54) is 17.0 Å². The highest BCUT2D eigenvalue weighted by Gasteiger charge is 2.33. The molecule has 176 valence electrons. The standard InChI is InChI=1S/C25H35FN2O3S/c1-4-18(3)14-27(15-20(29)5-2)16-25(30)28-12-10-24-22(11-13-32-24)23(28)17-31-21-8-6-19(26)7-9-21/h6-9,11,13,18,20,23,29H,4-5,10,12,14-17H2,1-3H3. The van der Waals surface area contributed by atoms with Crippen molar-refractivity contribution in [1.82, 2.24) is 9.80 Å². The topological polar surface area (TPSA) is 53.0 Å². The molecule has 0 saturated carbocycles. The van der Waals surface area contributed by atoms with E-state index in [1.54, 1.807) is 23.5 Å². The summed E-state index contributed by atoms with van der Waals surface area (Å²) in [7, 11) is 0. The van der Waals surface area contributed by atoms with Crippen molar-refractivity contribution in [3.8, 4) is 5.75 Å². The number of amides is 1. The first-order valence-electron chi connectivity index (χ1n) is 11.6. The van der Waals surface area contributed by atoms with Crippen molar-refractivity contribution in [3.63, 3.8) is 0 Å². The predicted molar refractivity (Wildman–Crippen MR) is 127 cm³/mol. The molecule has 3 atom stereocenters. The number of ether oxygens (including phenoxy) is 1. The molecule has 0 saturated heterocycles. The molecule has 0 fully saturated rings. The Morgan fingerprint density at radius 2 is 2.00 bits per heavy atom. The lowest BCUT2D eigenvalue weighted by atomic mass is 10.00. The predicted octanol–water partition coefficient (Wildman–Crippen LogP) is 4.51. The second kappa shape index (κ2) is 11.8. The first kappa shape index (κ1) is 24.7. The molecule has 2 aromatic rings. The van der Waals surface area contributed by atoms with Crippen LogP contribution < -0.4 is 4.74 Å². The summed E-state index contributed by atoms with van der Waals surface area (Å²) in [5, 5.41) is 12.3. The van der Waals surface area contributed by atoms with Gasteiger partial charge < -0.3 is 14.7 Å². The zero-order valence-electron chi connectivity index (χ0n) is 19.3. The van der Waals surface area contributed by atoms with Gasteiger partial charge >= 0.3 is 0 Å². The Bertz CT molecular complexity index is 845. The average molecular weight is 463 g/mol. The lowest BCUT2D eigenvalue weighted by Crippen LogP contribution is -2.48. The summed E-state index contributed by atoms with van der Waals surface area (Å²) in [6.07, 6.45) is 2.10. The highest BCUT2D eigenvalue weighted by atomic mass is 32.1. The van der Waals surface area contributed by atoms with Crippen LogP contribution in [-0.4, -0.2) is 59.7 Å². The van der Waals surface area contributed by atoms with Crippen LogP contribution in [0.2, 0.25) is 0 Å². The first-order chi connectivity index (χ1) is 15.4. The van der Waals surface area contributed by atoms with E-state index in [4.69, 9.17) is 4.74 Å². The Kier molecular flexibility index (Phi) is 9.08. The van der Waals surface area contributed by atoms with Crippen molar-refractivity contribution >= 4 is 17.2 Å². The number of fused-ring (bicyclic) bond motifs is 1. The Balaban J connectivity index is 1.73. The number of aliphatic hydroxyl groups excluding tert-OH is 1. The normalized spacial score (nSPS) is 17.8. The maximum absolute atomic E-state index is 13.4. The molecule has 1 aromatic heterocycles. The number of aliphatic hydroxyl groups is 1. The number of benzene rings is 1. The van der Waals surface area contributed by atoms with Crippen LogP contribution in [0.4, 0.5) is 4.39 Å². The summed E-state index contributed by atoms with van der Waals surface area (Å²) in [5.74, 6) is 0.795. The lowest BCUT2D eigenvalue weighted by molar-refractivity contribution is -0.136. The molecule has 1 amide bonds. The van der Waals surface area contributed by atoms with Crippen molar-refractivity contribution in [1.29, 1.82) is 0 Å². The van der Waals surface area contributed by atoms with Crippen LogP contribution >= 0.6 is 11.3 Å². The number of carbonyl (C=O) groups excluding carboxylic acids is 1. The van der Waals surface area contributed by atoms with Gasteiger partial charge in [0.2, 0.25) is 5.91 Å². The van der Waals surface area contributed by atoms with Crippen molar-refractivity contribution in [2.75, 3.05) is 32.8 Å². The van der Waals surface area contributed by atoms with Gasteiger partial charge in [-0.2, -0.15) is 0 Å². The molecule has 7 heteroatoms. The quantitative estimate of drug-likeness (QED) is 0.534. The minimum atomic E-state index is -0.436. The fourth-order valence-electron chi connectivity index (χ4n) is 4.06. The molecule has 32 heavy (non-hydrogen) atoms. The maximum atomic E-state index is 13.4. The van der Waals surface area contributed by atoms with Crippen LogP contribution in [0, 0.1) is 11.7 Å². The molecular formula is C25H35FN2O3S. The second-order valence-corrected chi connectivity index (χ2v) is 9.69. The summed E-state index contributed by atoms with van der Waals surface area (Å²) in [6.45, 7) is 8.82. The molecule has 1 aliphatic rings. The fraction of sp³-hybridized carbons (Fsp3) is 0.560. The van der Waals surface area contributed by atoms with E-state index in [9.17, 15) is 14.3 Å². The number of rotatable bonds is 11. The largest absolute Gasteiger partial charge is 0.491 e. The fourth-order valence-corrected chi connectivity index (χ4v) is 4.99. The molecule has 1 aliphatic heterocycles. The van der Waals surface area contributed by atoms with Gasteiger partial charge in [-0.1, -0.05) is 27.2 Å². The Hall–Kier alpha value is -1.96. The van der Waals surface area contributed by atoms with Crippen molar-refractivity contribution in [3.05, 3.63) is 52.0 Å². The molecule has 0 bridgehead atoms. The van der Waals surface area contributed by atoms with Gasteiger partial charge in [0.15, 0.2) is 0 Å². The third-order valence-electron chi connectivity index (χ3n) is 6.20. The van der Waals surface area contributed by atoms with E-state index >= 15 is 0 Å². The van der Waals surface area contributed by atoms with Gasteiger partial charge in [0.25, 0.3) is 0 Å². The van der Waals surface area contributed by atoms with Crippen LogP contribution in [0.1, 0.15) is 50.1 Å². The van der Waals surface area contributed by atoms with Crippen LogP contribution in [0.5, 0.6) is 5.75 Å². The molecule has 5 nitrogen and oxygen atoms in total. The summed E-state index contributed by atoms with van der Waals surface area (Å²) in [5.41, 5.74) is 1.14. The smallest absolute Gasteiger partial charge is 0.237 e. The molecule has 0 aliphatic carbocycles. The van der Waals surface area contributed by atoms with Gasteiger partial charge in [-0.05, 0) is 60.0 Å². The van der Waals surface area contributed by atoms with E-state index in [-0.39, 0.29) is 24.3 Å². The van der Waals surface area contributed by atoms with E-state index in [1.807, 2.05) is 11.8 Å². The van der Waals surface area contributed by atoms with E-state index < -0.39 is 6.10 Å². The Labute approximate surface area is 194 Å². The van der Waals surface area contributed by atoms with Crippen LogP contribution in [0.15, 0.2) is 35.7 Å². The van der Waals surface area contributed by atoms with Gasteiger partial charge in [-0.15, -0.1) is 11.3 Å². The van der Waals surface area contributed by atoms with E-state index in [0.29, 0.717) is 37.8 Å². The summed E-state index contributed by atoms with van der Waals surface area (Å²) in [6, 6.07) is 7.87. The summed E-state index contributed by atoms with van der Waals surface area (Å²) < 4.78 is 19.2. The third kappa shape index (κ3) is 6.53. The molecule has 0 radical (unpaired) electrons. The van der Waals surface area contributed by atoms with Crippen LogP contribution in [0.3, 0.4) is 0 Å². The minimum Gasteiger partial charge on any atom is -0.491 e. The molecule has 0 spiro atoms. The SMILES string of the molecule is CCC(C)CN(CC(=O)N1CCc2sccc2C1COc1ccc(F)cc1)CC(O)CC.